The molecule has 0 unspecified atom stereocenters. The predicted molar refractivity (Wildman–Crippen MR) is 70.5 cm³/mol. The van der Waals surface area contributed by atoms with E-state index in [1.165, 1.54) is 13.0 Å². The van der Waals surface area contributed by atoms with Gasteiger partial charge in [-0.25, -0.2) is 8.78 Å². The molecule has 1 aliphatic carbocycles. The quantitative estimate of drug-likeness (QED) is 0.846. The van der Waals surface area contributed by atoms with Crippen LogP contribution in [0.1, 0.15) is 41.6 Å². The Hall–Kier alpha value is -1.16. The Kier molecular flexibility index (Phi) is 4.09. The number of benzene rings is 1. The zero-order valence-electron chi connectivity index (χ0n) is 10.7. The number of alkyl halides is 1. The fourth-order valence-electron chi connectivity index (χ4n) is 2.51. The van der Waals surface area contributed by atoms with E-state index in [1.54, 1.807) is 0 Å². The van der Waals surface area contributed by atoms with Gasteiger partial charge in [-0.2, -0.15) is 0 Å². The second kappa shape index (κ2) is 5.45. The lowest BCUT2D eigenvalue weighted by atomic mass is 9.99. The van der Waals surface area contributed by atoms with Crippen LogP contribution in [0, 0.1) is 18.6 Å². The Morgan fingerprint density at radius 3 is 2.58 bits per heavy atom. The third kappa shape index (κ3) is 2.73. The van der Waals surface area contributed by atoms with Gasteiger partial charge in [0, 0.05) is 5.88 Å². The highest BCUT2D eigenvalue weighted by atomic mass is 35.5. The summed E-state index contributed by atoms with van der Waals surface area (Å²) in [7, 11) is 0. The van der Waals surface area contributed by atoms with Gasteiger partial charge in [-0.15, -0.1) is 11.6 Å². The van der Waals surface area contributed by atoms with Crippen molar-refractivity contribution in [3.05, 3.63) is 34.9 Å². The summed E-state index contributed by atoms with van der Waals surface area (Å²) in [6.45, 7) is 1.50. The molecule has 2 rings (SSSR count). The highest BCUT2D eigenvalue weighted by molar-refractivity contribution is 6.19. The van der Waals surface area contributed by atoms with Crippen LogP contribution in [0.3, 0.4) is 0 Å². The van der Waals surface area contributed by atoms with Crippen LogP contribution in [-0.4, -0.2) is 17.3 Å². The van der Waals surface area contributed by atoms with Gasteiger partial charge in [0.1, 0.15) is 17.2 Å². The van der Waals surface area contributed by atoms with Gasteiger partial charge in [-0.1, -0.05) is 18.9 Å². The molecule has 0 aliphatic heterocycles. The normalized spacial score (nSPS) is 17.5. The number of halogens is 3. The molecule has 1 aliphatic rings. The molecule has 0 radical (unpaired) electrons. The highest BCUT2D eigenvalue weighted by Crippen LogP contribution is 2.31. The second-order valence-electron chi connectivity index (χ2n) is 5.13. The molecule has 0 aromatic heterocycles. The van der Waals surface area contributed by atoms with E-state index in [0.717, 1.165) is 31.7 Å². The summed E-state index contributed by atoms with van der Waals surface area (Å²) < 4.78 is 27.5. The maximum absolute atomic E-state index is 13.9. The minimum absolute atomic E-state index is 0.248. The Morgan fingerprint density at radius 2 is 2.00 bits per heavy atom. The SMILES string of the molecule is Cc1ccc(F)c(C(=O)NC2(CCl)CCCC2)c1F. The third-order valence-corrected chi connectivity index (χ3v) is 4.22. The number of amides is 1. The molecular formula is C14H16ClF2NO. The van der Waals surface area contributed by atoms with Gasteiger partial charge in [0.15, 0.2) is 0 Å². The maximum atomic E-state index is 13.9. The molecule has 2 nitrogen and oxygen atoms in total. The van der Waals surface area contributed by atoms with E-state index in [0.29, 0.717) is 0 Å². The van der Waals surface area contributed by atoms with Crippen molar-refractivity contribution in [1.82, 2.24) is 5.32 Å². The first-order valence-electron chi connectivity index (χ1n) is 6.32. The molecule has 0 saturated heterocycles. The van der Waals surface area contributed by atoms with Crippen LogP contribution in [0.2, 0.25) is 0 Å². The van der Waals surface area contributed by atoms with Crippen molar-refractivity contribution in [2.45, 2.75) is 38.1 Å². The van der Waals surface area contributed by atoms with Crippen molar-refractivity contribution in [1.29, 1.82) is 0 Å². The first-order valence-corrected chi connectivity index (χ1v) is 6.86. The van der Waals surface area contributed by atoms with E-state index in [2.05, 4.69) is 5.32 Å². The van der Waals surface area contributed by atoms with Crippen molar-refractivity contribution in [3.63, 3.8) is 0 Å². The second-order valence-corrected chi connectivity index (χ2v) is 5.40. The zero-order chi connectivity index (χ0) is 14.0. The standard InChI is InChI=1S/C14H16ClF2NO/c1-9-4-5-10(16)11(12(9)17)13(19)18-14(8-15)6-2-3-7-14/h4-5H,2-3,6-8H2,1H3,(H,18,19). The summed E-state index contributed by atoms with van der Waals surface area (Å²) >= 11 is 5.90. The zero-order valence-corrected chi connectivity index (χ0v) is 11.5. The van der Waals surface area contributed by atoms with E-state index in [-0.39, 0.29) is 11.4 Å². The molecule has 1 N–H and O–H groups in total. The van der Waals surface area contributed by atoms with Gasteiger partial charge in [-0.05, 0) is 31.4 Å². The summed E-state index contributed by atoms with van der Waals surface area (Å²) in [6.07, 6.45) is 3.42. The first kappa shape index (κ1) is 14.3. The van der Waals surface area contributed by atoms with E-state index < -0.39 is 28.6 Å². The van der Waals surface area contributed by atoms with Gasteiger partial charge in [0.05, 0.1) is 5.54 Å². The molecule has 104 valence electrons. The highest BCUT2D eigenvalue weighted by Gasteiger charge is 2.35. The van der Waals surface area contributed by atoms with Gasteiger partial charge in [0.2, 0.25) is 0 Å². The minimum atomic E-state index is -0.844. The minimum Gasteiger partial charge on any atom is -0.345 e. The first-order chi connectivity index (χ1) is 8.99. The van der Waals surface area contributed by atoms with Crippen LogP contribution < -0.4 is 5.32 Å². The molecule has 0 atom stereocenters. The Morgan fingerprint density at radius 1 is 1.37 bits per heavy atom. The van der Waals surface area contributed by atoms with Crippen LogP contribution in [0.5, 0.6) is 0 Å². The fraction of sp³-hybridized carbons (Fsp3) is 0.500. The van der Waals surface area contributed by atoms with Crippen LogP contribution in [0.4, 0.5) is 8.78 Å². The van der Waals surface area contributed by atoms with E-state index in [4.69, 9.17) is 11.6 Å². The largest absolute Gasteiger partial charge is 0.345 e. The molecule has 5 heteroatoms. The maximum Gasteiger partial charge on any atom is 0.257 e. The van der Waals surface area contributed by atoms with E-state index >= 15 is 0 Å². The monoisotopic (exact) mass is 287 g/mol. The number of hydrogen-bond acceptors (Lipinski definition) is 1. The fourth-order valence-corrected chi connectivity index (χ4v) is 2.85. The number of nitrogens with one attached hydrogen (secondary N) is 1. The average molecular weight is 288 g/mol. The van der Waals surface area contributed by atoms with Crippen LogP contribution >= 0.6 is 11.6 Å². The molecule has 1 aromatic carbocycles. The van der Waals surface area contributed by atoms with Crippen LogP contribution in [-0.2, 0) is 0 Å². The van der Waals surface area contributed by atoms with Gasteiger partial charge in [-0.3, -0.25) is 4.79 Å². The summed E-state index contributed by atoms with van der Waals surface area (Å²) in [5, 5.41) is 2.72. The van der Waals surface area contributed by atoms with E-state index in [1.807, 2.05) is 0 Å². The predicted octanol–water partition coefficient (Wildman–Crippen LogP) is 3.55. The molecule has 0 bridgehead atoms. The number of aryl methyl sites for hydroxylation is 1. The number of carbonyl (C=O) groups is 1. The molecule has 0 spiro atoms. The van der Waals surface area contributed by atoms with Gasteiger partial charge < -0.3 is 5.32 Å². The average Bonchev–Trinajstić information content (AvgIpc) is 2.83. The summed E-state index contributed by atoms with van der Waals surface area (Å²) in [5.41, 5.74) is -0.796. The van der Waals surface area contributed by atoms with Crippen LogP contribution in [0.15, 0.2) is 12.1 Å². The van der Waals surface area contributed by atoms with Crippen molar-refractivity contribution in [2.75, 3.05) is 5.88 Å². The Labute approximate surface area is 116 Å². The van der Waals surface area contributed by atoms with Crippen molar-refractivity contribution in [2.24, 2.45) is 0 Å². The number of rotatable bonds is 3. The summed E-state index contributed by atoms with van der Waals surface area (Å²) in [6, 6.07) is 2.42. The van der Waals surface area contributed by atoms with Crippen molar-refractivity contribution >= 4 is 17.5 Å². The lowest BCUT2D eigenvalue weighted by Crippen LogP contribution is -2.48. The Bertz CT molecular complexity index is 498. The van der Waals surface area contributed by atoms with Gasteiger partial charge >= 0.3 is 0 Å². The molecule has 1 amide bonds. The van der Waals surface area contributed by atoms with E-state index in [9.17, 15) is 13.6 Å². The van der Waals surface area contributed by atoms with Crippen molar-refractivity contribution < 1.29 is 13.6 Å². The molecule has 1 fully saturated rings. The molecule has 1 saturated carbocycles. The Balaban J connectivity index is 2.28. The third-order valence-electron chi connectivity index (χ3n) is 3.71. The lowest BCUT2D eigenvalue weighted by molar-refractivity contribution is 0.0900. The summed E-state index contributed by atoms with van der Waals surface area (Å²) in [5.74, 6) is -2.11. The topological polar surface area (TPSA) is 29.1 Å². The summed E-state index contributed by atoms with van der Waals surface area (Å²) in [4.78, 5) is 12.1. The number of hydrogen-bond donors (Lipinski definition) is 1. The smallest absolute Gasteiger partial charge is 0.257 e. The lowest BCUT2D eigenvalue weighted by Gasteiger charge is -2.28. The molecule has 0 heterocycles. The van der Waals surface area contributed by atoms with Crippen LogP contribution in [0.25, 0.3) is 0 Å². The molecule has 1 aromatic rings. The molecular weight excluding hydrogens is 272 g/mol. The number of carbonyl (C=O) groups excluding carboxylic acids is 1. The molecule has 19 heavy (non-hydrogen) atoms. The van der Waals surface area contributed by atoms with Crippen molar-refractivity contribution in [3.8, 4) is 0 Å². The van der Waals surface area contributed by atoms with Gasteiger partial charge in [0.25, 0.3) is 5.91 Å².